The van der Waals surface area contributed by atoms with Crippen LogP contribution in [0.25, 0.3) is 11.3 Å². The lowest BCUT2D eigenvalue weighted by Crippen LogP contribution is -2.40. The summed E-state index contributed by atoms with van der Waals surface area (Å²) in [6.45, 7) is 0.683. The molecule has 0 aliphatic heterocycles. The molecular weight excluding hydrogens is 455 g/mol. The lowest BCUT2D eigenvalue weighted by molar-refractivity contribution is -0.118. The first-order valence-corrected chi connectivity index (χ1v) is 10.6. The predicted octanol–water partition coefficient (Wildman–Crippen LogP) is 4.18. The number of rotatable bonds is 10. The summed E-state index contributed by atoms with van der Waals surface area (Å²) in [6, 6.07) is 9.48. The molecule has 0 spiro atoms. The third kappa shape index (κ3) is 6.08. The Morgan fingerprint density at radius 1 is 1.19 bits per heavy atom. The van der Waals surface area contributed by atoms with Crippen molar-refractivity contribution in [2.24, 2.45) is 5.73 Å². The van der Waals surface area contributed by atoms with Crippen LogP contribution in [0.2, 0.25) is 10.0 Å². The van der Waals surface area contributed by atoms with Crippen LogP contribution in [0.4, 0.5) is 5.69 Å². The number of benzene rings is 1. The number of halogens is 2. The number of anilines is 1. The molecule has 0 aliphatic carbocycles. The summed E-state index contributed by atoms with van der Waals surface area (Å²) in [7, 11) is 0. The topological polar surface area (TPSA) is 130 Å². The molecule has 0 fully saturated rings. The van der Waals surface area contributed by atoms with Crippen molar-refractivity contribution in [1.82, 2.24) is 10.3 Å². The van der Waals surface area contributed by atoms with Crippen LogP contribution in [0.3, 0.4) is 0 Å². The minimum atomic E-state index is -1.18. The van der Waals surface area contributed by atoms with E-state index in [1.165, 1.54) is 18.5 Å². The number of carboxylic acids is 1. The number of pyridine rings is 1. The van der Waals surface area contributed by atoms with Gasteiger partial charge in [0.15, 0.2) is 0 Å². The van der Waals surface area contributed by atoms with Gasteiger partial charge in [0.25, 0.3) is 0 Å². The van der Waals surface area contributed by atoms with Gasteiger partial charge in [-0.25, -0.2) is 4.79 Å². The van der Waals surface area contributed by atoms with Gasteiger partial charge in [-0.2, -0.15) is 0 Å². The zero-order valence-corrected chi connectivity index (χ0v) is 18.5. The van der Waals surface area contributed by atoms with Gasteiger partial charge in [-0.3, -0.25) is 15.1 Å². The Morgan fingerprint density at radius 3 is 2.75 bits per heavy atom. The molecule has 3 rings (SSSR count). The zero-order valence-electron chi connectivity index (χ0n) is 17.0. The van der Waals surface area contributed by atoms with Crippen molar-refractivity contribution < 1.29 is 19.1 Å². The number of nitrogens with zero attached hydrogens (tertiary/aromatic N) is 1. The molecule has 1 amide bonds. The molecule has 168 valence electrons. The van der Waals surface area contributed by atoms with Crippen molar-refractivity contribution in [2.75, 3.05) is 11.9 Å². The summed E-state index contributed by atoms with van der Waals surface area (Å²) in [5.41, 5.74) is 6.36. The Balaban J connectivity index is 1.70. The number of hydrogen-bond donors (Lipinski definition) is 4. The van der Waals surface area contributed by atoms with E-state index in [0.29, 0.717) is 46.5 Å². The monoisotopic (exact) mass is 476 g/mol. The van der Waals surface area contributed by atoms with Crippen LogP contribution in [0, 0.1) is 0 Å². The molecule has 8 nitrogen and oxygen atoms in total. The summed E-state index contributed by atoms with van der Waals surface area (Å²) in [6.07, 6.45) is 3.67. The Labute approximate surface area is 194 Å². The molecular formula is C22H22Cl2N4O4. The van der Waals surface area contributed by atoms with E-state index in [0.717, 1.165) is 0 Å². The van der Waals surface area contributed by atoms with Gasteiger partial charge in [0.05, 0.1) is 23.3 Å². The highest BCUT2D eigenvalue weighted by Gasteiger charge is 2.21. The molecule has 0 bridgehead atoms. The van der Waals surface area contributed by atoms with Crippen LogP contribution in [-0.2, 0) is 11.3 Å². The van der Waals surface area contributed by atoms with Crippen LogP contribution in [0.5, 0.6) is 0 Å². The number of carbonyl (C=O) groups excluding carboxylic acids is 1. The Bertz CT molecular complexity index is 1100. The van der Waals surface area contributed by atoms with Gasteiger partial charge >= 0.3 is 5.97 Å². The van der Waals surface area contributed by atoms with Gasteiger partial charge in [-0.15, -0.1) is 0 Å². The summed E-state index contributed by atoms with van der Waals surface area (Å²) in [4.78, 5) is 28.0. The number of nitrogens with two attached hydrogens (primary N) is 1. The highest BCUT2D eigenvalue weighted by Crippen LogP contribution is 2.31. The van der Waals surface area contributed by atoms with E-state index in [2.05, 4.69) is 15.6 Å². The van der Waals surface area contributed by atoms with Gasteiger partial charge in [0, 0.05) is 23.0 Å². The summed E-state index contributed by atoms with van der Waals surface area (Å²) in [5, 5.41) is 16.1. The molecule has 0 aliphatic rings. The largest absolute Gasteiger partial charge is 0.478 e. The van der Waals surface area contributed by atoms with Gasteiger partial charge < -0.3 is 20.6 Å². The van der Waals surface area contributed by atoms with Crippen molar-refractivity contribution in [1.29, 1.82) is 0 Å². The fourth-order valence-electron chi connectivity index (χ4n) is 3.07. The lowest BCUT2D eigenvalue weighted by Gasteiger charge is -2.18. The molecule has 5 N–H and O–H groups in total. The minimum absolute atomic E-state index is 0.0903. The first-order chi connectivity index (χ1) is 15.4. The highest BCUT2D eigenvalue weighted by atomic mass is 35.5. The van der Waals surface area contributed by atoms with E-state index in [9.17, 15) is 14.7 Å². The van der Waals surface area contributed by atoms with Crippen molar-refractivity contribution in [3.63, 3.8) is 0 Å². The SMILES string of the molecule is NCCCC(NCc1ccc(-c2cc(Cl)ccc2Cl)o1)C(=O)Nc1ccncc1C(=O)O. The van der Waals surface area contributed by atoms with E-state index < -0.39 is 12.0 Å². The quantitative estimate of drug-likeness (QED) is 0.345. The fourth-order valence-corrected chi connectivity index (χ4v) is 3.45. The first-order valence-electron chi connectivity index (χ1n) is 9.84. The normalized spacial score (nSPS) is 11.8. The van der Waals surface area contributed by atoms with Crippen LogP contribution in [-0.4, -0.2) is 34.6 Å². The molecule has 1 aromatic carbocycles. The third-order valence-electron chi connectivity index (χ3n) is 4.70. The molecule has 1 unspecified atom stereocenters. The van der Waals surface area contributed by atoms with Gasteiger partial charge in [-0.1, -0.05) is 23.2 Å². The molecule has 0 saturated heterocycles. The molecule has 0 radical (unpaired) electrons. The smallest absolute Gasteiger partial charge is 0.339 e. The minimum Gasteiger partial charge on any atom is -0.478 e. The maximum absolute atomic E-state index is 12.8. The van der Waals surface area contributed by atoms with Gasteiger partial charge in [0.2, 0.25) is 5.91 Å². The van der Waals surface area contributed by atoms with E-state index in [1.807, 2.05) is 0 Å². The van der Waals surface area contributed by atoms with Crippen LogP contribution in [0.1, 0.15) is 29.0 Å². The Hall–Kier alpha value is -2.91. The Kier molecular flexibility index (Phi) is 8.24. The molecule has 10 heteroatoms. The lowest BCUT2D eigenvalue weighted by atomic mass is 10.1. The molecule has 0 saturated carbocycles. The molecule has 32 heavy (non-hydrogen) atoms. The van der Waals surface area contributed by atoms with Crippen molar-refractivity contribution >= 4 is 40.8 Å². The summed E-state index contributed by atoms with van der Waals surface area (Å²) in [5.74, 6) is -0.406. The average molecular weight is 477 g/mol. The van der Waals surface area contributed by atoms with Gasteiger partial charge in [0.1, 0.15) is 17.1 Å². The van der Waals surface area contributed by atoms with E-state index in [4.69, 9.17) is 33.4 Å². The number of carboxylic acid groups (broad SMARTS) is 1. The number of aromatic nitrogens is 1. The fraction of sp³-hybridized carbons (Fsp3) is 0.227. The van der Waals surface area contributed by atoms with E-state index in [1.54, 1.807) is 30.3 Å². The average Bonchev–Trinajstić information content (AvgIpc) is 3.24. The number of hydrogen-bond acceptors (Lipinski definition) is 6. The number of nitrogens with one attached hydrogen (secondary N) is 2. The first kappa shape index (κ1) is 23.7. The zero-order chi connectivity index (χ0) is 23.1. The van der Waals surface area contributed by atoms with E-state index >= 15 is 0 Å². The molecule has 3 aromatic rings. The molecule has 1 atom stereocenters. The second kappa shape index (κ2) is 11.1. The number of amides is 1. The van der Waals surface area contributed by atoms with Crippen molar-refractivity contribution in [3.8, 4) is 11.3 Å². The predicted molar refractivity (Wildman–Crippen MR) is 123 cm³/mol. The molecule has 2 aromatic heterocycles. The number of furan rings is 1. The van der Waals surface area contributed by atoms with Crippen LogP contribution < -0.4 is 16.4 Å². The Morgan fingerprint density at radius 2 is 2.00 bits per heavy atom. The van der Waals surface area contributed by atoms with Gasteiger partial charge in [-0.05, 0) is 55.8 Å². The molecule has 2 heterocycles. The second-order valence-corrected chi connectivity index (χ2v) is 7.81. The summed E-state index contributed by atoms with van der Waals surface area (Å²) < 4.78 is 5.86. The maximum atomic E-state index is 12.8. The van der Waals surface area contributed by atoms with Crippen LogP contribution in [0.15, 0.2) is 53.2 Å². The second-order valence-electron chi connectivity index (χ2n) is 6.97. The highest BCUT2D eigenvalue weighted by molar-refractivity contribution is 6.35. The number of carbonyl (C=O) groups is 2. The van der Waals surface area contributed by atoms with Crippen LogP contribution >= 0.6 is 23.2 Å². The number of aromatic carboxylic acids is 1. The standard InChI is InChI=1S/C22H22Cl2N4O4/c23-13-3-5-17(24)15(10-13)20-6-4-14(32-20)11-27-19(2-1-8-25)21(29)28-18-7-9-26-12-16(18)22(30)31/h3-7,9-10,12,19,27H,1-2,8,11,25H2,(H,30,31)(H,26,28,29). The summed E-state index contributed by atoms with van der Waals surface area (Å²) >= 11 is 12.3. The van der Waals surface area contributed by atoms with Crippen molar-refractivity contribution in [2.45, 2.75) is 25.4 Å². The van der Waals surface area contributed by atoms with Crippen molar-refractivity contribution in [3.05, 3.63) is 70.2 Å². The maximum Gasteiger partial charge on any atom is 0.339 e. The van der Waals surface area contributed by atoms with E-state index in [-0.39, 0.29) is 23.7 Å². The third-order valence-corrected chi connectivity index (χ3v) is 5.27.